The maximum absolute atomic E-state index is 14.0. The van der Waals surface area contributed by atoms with Crippen LogP contribution >= 0.6 is 0 Å². The molecular formula is C30H40N4O7S. The van der Waals surface area contributed by atoms with Gasteiger partial charge in [0.15, 0.2) is 11.5 Å². The molecule has 1 amide bonds. The molecule has 3 heterocycles. The van der Waals surface area contributed by atoms with Gasteiger partial charge in [0, 0.05) is 50.4 Å². The van der Waals surface area contributed by atoms with E-state index >= 15 is 0 Å². The normalized spacial score (nSPS) is 23.3. The molecule has 5 rings (SSSR count). The molecule has 3 N–H and O–H groups in total. The first-order valence-electron chi connectivity index (χ1n) is 14.7. The highest BCUT2D eigenvalue weighted by atomic mass is 32.2. The number of hydrogen-bond donors (Lipinski definition) is 2. The molecule has 1 unspecified atom stereocenters. The maximum Gasteiger partial charge on any atom is 0.308 e. The zero-order chi connectivity index (χ0) is 29.9. The number of rotatable bonds is 12. The molecule has 0 aliphatic carbocycles. The van der Waals surface area contributed by atoms with Gasteiger partial charge in [0.1, 0.15) is 0 Å². The Bertz CT molecular complexity index is 1400. The van der Waals surface area contributed by atoms with Crippen LogP contribution in [-0.4, -0.2) is 85.9 Å². The molecule has 3 aliphatic heterocycles. The number of likely N-dealkylation sites (tertiary alicyclic amines) is 1. The van der Waals surface area contributed by atoms with Crippen molar-refractivity contribution < 1.29 is 32.6 Å². The monoisotopic (exact) mass is 600 g/mol. The summed E-state index contributed by atoms with van der Waals surface area (Å²) in [5.41, 5.74) is 8.34. The van der Waals surface area contributed by atoms with Gasteiger partial charge in [0.25, 0.3) is 0 Å². The van der Waals surface area contributed by atoms with Crippen molar-refractivity contribution >= 4 is 27.6 Å². The number of aliphatic carboxylic acids is 1. The van der Waals surface area contributed by atoms with Gasteiger partial charge >= 0.3 is 5.97 Å². The summed E-state index contributed by atoms with van der Waals surface area (Å²) >= 11 is 0. The number of benzene rings is 2. The Kier molecular flexibility index (Phi) is 9.36. The van der Waals surface area contributed by atoms with Crippen molar-refractivity contribution in [2.24, 2.45) is 11.7 Å². The topological polar surface area (TPSA) is 143 Å². The number of carboxylic acids is 1. The Hall–Kier alpha value is -3.19. The second kappa shape index (κ2) is 13.0. The summed E-state index contributed by atoms with van der Waals surface area (Å²) in [6.45, 7) is 4.06. The van der Waals surface area contributed by atoms with E-state index in [9.17, 15) is 23.1 Å². The minimum Gasteiger partial charge on any atom is -0.481 e. The molecular weight excluding hydrogens is 560 g/mol. The highest BCUT2D eigenvalue weighted by molar-refractivity contribution is 7.89. The highest BCUT2D eigenvalue weighted by Gasteiger charge is 2.48. The Morgan fingerprint density at radius 3 is 2.67 bits per heavy atom. The summed E-state index contributed by atoms with van der Waals surface area (Å²) in [6, 6.07) is 12.5. The van der Waals surface area contributed by atoms with Crippen molar-refractivity contribution in [2.45, 2.75) is 51.1 Å². The number of fused-ring (bicyclic) bond motifs is 1. The number of hydrogen-bond acceptors (Lipinski definition) is 8. The summed E-state index contributed by atoms with van der Waals surface area (Å²) in [7, 11) is -3.34. The third kappa shape index (κ3) is 6.41. The van der Waals surface area contributed by atoms with Crippen LogP contribution in [0.25, 0.3) is 0 Å². The molecule has 2 saturated heterocycles. The van der Waals surface area contributed by atoms with Gasteiger partial charge in [-0.3, -0.25) is 14.5 Å². The molecule has 228 valence electrons. The van der Waals surface area contributed by atoms with Crippen molar-refractivity contribution in [1.82, 2.24) is 9.21 Å². The fourth-order valence-corrected chi connectivity index (χ4v) is 7.92. The molecule has 0 bridgehead atoms. The SMILES string of the molecule is CCCCN(C(=O)CN1C[C@H](c2ccc3c(c2)OCO3)C(C(=O)O)[C@@H]1CCN1CCCS1(=O)=O)c1cccc(CN)c1. The fraction of sp³-hybridized carbons (Fsp3) is 0.533. The van der Waals surface area contributed by atoms with Crippen LogP contribution in [0.3, 0.4) is 0 Å². The number of amides is 1. The lowest BCUT2D eigenvalue weighted by molar-refractivity contribution is -0.143. The van der Waals surface area contributed by atoms with Crippen molar-refractivity contribution in [3.8, 4) is 11.5 Å². The van der Waals surface area contributed by atoms with Gasteiger partial charge in [0.2, 0.25) is 22.7 Å². The second-order valence-corrected chi connectivity index (χ2v) is 13.3. The summed E-state index contributed by atoms with van der Waals surface area (Å²) in [4.78, 5) is 30.5. The van der Waals surface area contributed by atoms with Crippen molar-refractivity contribution in [3.63, 3.8) is 0 Å². The zero-order valence-corrected chi connectivity index (χ0v) is 24.8. The van der Waals surface area contributed by atoms with Gasteiger partial charge in [0.05, 0.1) is 18.2 Å². The van der Waals surface area contributed by atoms with E-state index in [0.717, 1.165) is 29.7 Å². The standard InChI is InChI=1S/C30H40N4O7S/c1-2-3-12-34(23-7-4-6-21(15-23)17-31)28(35)19-32-18-24(22-8-9-26-27(16-22)41-20-40-26)29(30(36)37)25(32)10-13-33-11-5-14-42(33,38)39/h4,6-9,15-16,24-25,29H,2-3,5,10-14,17-20,31H2,1H3,(H,36,37)/t24-,25+,29?/m1/s1. The molecule has 42 heavy (non-hydrogen) atoms. The lowest BCUT2D eigenvalue weighted by Crippen LogP contribution is -2.45. The Labute approximate surface area is 247 Å². The molecule has 3 aliphatic rings. The molecule has 12 heteroatoms. The van der Waals surface area contributed by atoms with E-state index in [2.05, 4.69) is 6.92 Å². The number of nitrogens with zero attached hydrogens (tertiary/aromatic N) is 3. The van der Waals surface area contributed by atoms with E-state index in [1.807, 2.05) is 41.3 Å². The number of unbranched alkanes of at least 4 members (excludes halogenated alkanes) is 1. The van der Waals surface area contributed by atoms with Gasteiger partial charge in [-0.25, -0.2) is 12.7 Å². The molecule has 2 aromatic rings. The van der Waals surface area contributed by atoms with Gasteiger partial charge in [-0.05, 0) is 54.7 Å². The quantitative estimate of drug-likeness (QED) is 0.376. The lowest BCUT2D eigenvalue weighted by atomic mass is 9.84. The minimum absolute atomic E-state index is 0.0127. The number of carbonyl (C=O) groups excluding carboxylic acids is 1. The lowest BCUT2D eigenvalue weighted by Gasteiger charge is -2.30. The number of carboxylic acid groups (broad SMARTS) is 1. The van der Waals surface area contributed by atoms with Gasteiger partial charge in [-0.2, -0.15) is 0 Å². The molecule has 0 radical (unpaired) electrons. The third-order valence-corrected chi connectivity index (χ3v) is 10.5. The van der Waals surface area contributed by atoms with Crippen LogP contribution in [0.4, 0.5) is 5.69 Å². The number of anilines is 1. The van der Waals surface area contributed by atoms with Crippen molar-refractivity contribution in [1.29, 1.82) is 0 Å². The first-order valence-corrected chi connectivity index (χ1v) is 16.3. The smallest absolute Gasteiger partial charge is 0.308 e. The molecule has 11 nitrogen and oxygen atoms in total. The van der Waals surface area contributed by atoms with Gasteiger partial charge in [-0.15, -0.1) is 0 Å². The summed E-state index contributed by atoms with van der Waals surface area (Å²) < 4.78 is 37.5. The van der Waals surface area contributed by atoms with Crippen LogP contribution in [0.15, 0.2) is 42.5 Å². The first-order chi connectivity index (χ1) is 20.2. The van der Waals surface area contributed by atoms with Gasteiger partial charge in [-0.1, -0.05) is 31.5 Å². The van der Waals surface area contributed by atoms with Crippen LogP contribution in [0.1, 0.15) is 49.7 Å². The van der Waals surface area contributed by atoms with E-state index in [1.165, 1.54) is 4.31 Å². The fourth-order valence-electron chi connectivity index (χ4n) is 6.38. The van der Waals surface area contributed by atoms with E-state index in [4.69, 9.17) is 15.2 Å². The number of carbonyl (C=O) groups is 2. The summed E-state index contributed by atoms with van der Waals surface area (Å²) in [5, 5.41) is 10.5. The van der Waals surface area contributed by atoms with Crippen LogP contribution in [0.2, 0.25) is 0 Å². The van der Waals surface area contributed by atoms with Crippen LogP contribution in [0.5, 0.6) is 11.5 Å². The van der Waals surface area contributed by atoms with Crippen LogP contribution in [-0.2, 0) is 26.2 Å². The molecule has 0 saturated carbocycles. The van der Waals surface area contributed by atoms with Crippen molar-refractivity contribution in [2.75, 3.05) is 50.2 Å². The molecule has 0 aromatic heterocycles. The van der Waals surface area contributed by atoms with Crippen LogP contribution < -0.4 is 20.1 Å². The number of ether oxygens (including phenoxy) is 2. The van der Waals surface area contributed by atoms with E-state index < -0.39 is 33.9 Å². The Balaban J connectivity index is 1.44. The predicted molar refractivity (Wildman–Crippen MR) is 158 cm³/mol. The molecule has 0 spiro atoms. The summed E-state index contributed by atoms with van der Waals surface area (Å²) in [6.07, 6.45) is 2.59. The molecule has 2 aromatic carbocycles. The Morgan fingerprint density at radius 2 is 1.95 bits per heavy atom. The third-order valence-electron chi connectivity index (χ3n) is 8.57. The minimum atomic E-state index is -3.34. The first kappa shape index (κ1) is 30.3. The van der Waals surface area contributed by atoms with Crippen LogP contribution in [0, 0.1) is 5.92 Å². The number of nitrogens with two attached hydrogens (primary N) is 1. The van der Waals surface area contributed by atoms with E-state index in [0.29, 0.717) is 50.5 Å². The van der Waals surface area contributed by atoms with E-state index in [-0.39, 0.29) is 31.5 Å². The zero-order valence-electron chi connectivity index (χ0n) is 24.0. The number of sulfonamides is 1. The largest absolute Gasteiger partial charge is 0.481 e. The predicted octanol–water partition coefficient (Wildman–Crippen LogP) is 2.60. The van der Waals surface area contributed by atoms with E-state index in [1.54, 1.807) is 11.0 Å². The maximum atomic E-state index is 14.0. The second-order valence-electron chi connectivity index (χ2n) is 11.2. The molecule has 2 fully saturated rings. The highest BCUT2D eigenvalue weighted by Crippen LogP contribution is 2.43. The summed E-state index contributed by atoms with van der Waals surface area (Å²) in [5.74, 6) is -1.08. The average Bonchev–Trinajstić information content (AvgIpc) is 3.68. The Morgan fingerprint density at radius 1 is 1.14 bits per heavy atom. The molecule has 3 atom stereocenters. The average molecular weight is 601 g/mol. The van der Waals surface area contributed by atoms with Crippen molar-refractivity contribution in [3.05, 3.63) is 53.6 Å². The van der Waals surface area contributed by atoms with Gasteiger partial charge < -0.3 is 25.2 Å².